The Hall–Kier alpha value is -2.77. The van der Waals surface area contributed by atoms with Gasteiger partial charge in [-0.25, -0.2) is 0 Å². The number of carboxylic acid groups (broad SMARTS) is 3. The van der Waals surface area contributed by atoms with Crippen LogP contribution < -0.4 is 0 Å². The molecular weight excluding hydrogens is 450 g/mol. The SMILES string of the molecule is [N-]=[N+]=NCCCCC(=O)CN1CCN(CC(=O)O)CCN(CC(=O)O)CCN(CC(=O)O)CC1. The number of carbonyl (C=O) groups excluding carboxylic acids is 1. The van der Waals surface area contributed by atoms with Gasteiger partial charge in [-0.3, -0.25) is 38.8 Å². The first-order valence-electron chi connectivity index (χ1n) is 11.3. The Balaban J connectivity index is 2.85. The Labute approximate surface area is 198 Å². The first-order valence-corrected chi connectivity index (χ1v) is 11.3. The number of hydrogen-bond acceptors (Lipinski definition) is 9. The van der Waals surface area contributed by atoms with Crippen LogP contribution in [0.4, 0.5) is 0 Å². The van der Waals surface area contributed by atoms with E-state index in [1.54, 1.807) is 14.7 Å². The van der Waals surface area contributed by atoms with E-state index in [9.17, 15) is 34.5 Å². The van der Waals surface area contributed by atoms with Crippen molar-refractivity contribution < 1.29 is 34.5 Å². The molecule has 1 aliphatic rings. The van der Waals surface area contributed by atoms with Gasteiger partial charge in [0.1, 0.15) is 5.78 Å². The van der Waals surface area contributed by atoms with Gasteiger partial charge in [-0.15, -0.1) is 0 Å². The number of hydrogen-bond donors (Lipinski definition) is 3. The molecule has 0 spiro atoms. The molecule has 0 aliphatic carbocycles. The Bertz CT molecular complexity index is 698. The molecule has 1 heterocycles. The summed E-state index contributed by atoms with van der Waals surface area (Å²) >= 11 is 0. The maximum Gasteiger partial charge on any atom is 0.317 e. The number of azide groups is 1. The van der Waals surface area contributed by atoms with Gasteiger partial charge in [0.2, 0.25) is 0 Å². The number of Topliss-reactive ketones (excluding diaryl/α,β-unsaturated/α-hetero) is 1. The summed E-state index contributed by atoms with van der Waals surface area (Å²) in [6.45, 7) is 2.76. The number of ketones is 1. The van der Waals surface area contributed by atoms with Gasteiger partial charge in [-0.2, -0.15) is 0 Å². The van der Waals surface area contributed by atoms with Crippen LogP contribution in [0, 0.1) is 0 Å². The van der Waals surface area contributed by atoms with Gasteiger partial charge in [-0.05, 0) is 18.4 Å². The molecule has 0 amide bonds. The summed E-state index contributed by atoms with van der Waals surface area (Å²) in [7, 11) is 0. The van der Waals surface area contributed by atoms with Gasteiger partial charge in [-0.1, -0.05) is 5.11 Å². The number of aliphatic carboxylic acids is 3. The molecule has 1 saturated heterocycles. The first-order chi connectivity index (χ1) is 16.2. The highest BCUT2D eigenvalue weighted by atomic mass is 16.4. The fourth-order valence-corrected chi connectivity index (χ4v) is 3.66. The van der Waals surface area contributed by atoms with Gasteiger partial charge in [0.15, 0.2) is 0 Å². The van der Waals surface area contributed by atoms with Crippen LogP contribution in [0.2, 0.25) is 0 Å². The number of rotatable bonds is 13. The molecular formula is C20H35N7O7. The first kappa shape index (κ1) is 29.3. The Morgan fingerprint density at radius 1 is 0.647 bits per heavy atom. The van der Waals surface area contributed by atoms with E-state index in [-0.39, 0.29) is 32.0 Å². The third-order valence-corrected chi connectivity index (χ3v) is 5.43. The quantitative estimate of drug-likeness (QED) is 0.132. The molecule has 0 aromatic rings. The summed E-state index contributed by atoms with van der Waals surface area (Å²) in [6.07, 6.45) is 1.54. The summed E-state index contributed by atoms with van der Waals surface area (Å²) < 4.78 is 0. The lowest BCUT2D eigenvalue weighted by molar-refractivity contribution is -0.140. The van der Waals surface area contributed by atoms with E-state index in [0.717, 1.165) is 0 Å². The molecule has 14 nitrogen and oxygen atoms in total. The number of nitrogens with zero attached hydrogens (tertiary/aromatic N) is 7. The molecule has 0 radical (unpaired) electrons. The maximum absolute atomic E-state index is 12.5. The van der Waals surface area contributed by atoms with Crippen LogP contribution >= 0.6 is 0 Å². The molecule has 0 atom stereocenters. The van der Waals surface area contributed by atoms with Gasteiger partial charge < -0.3 is 15.3 Å². The second-order valence-corrected chi connectivity index (χ2v) is 8.24. The van der Waals surface area contributed by atoms with Gasteiger partial charge in [0.05, 0.1) is 26.2 Å². The van der Waals surface area contributed by atoms with Crippen molar-refractivity contribution in [2.45, 2.75) is 19.3 Å². The molecule has 0 aromatic carbocycles. The van der Waals surface area contributed by atoms with E-state index in [1.165, 1.54) is 0 Å². The van der Waals surface area contributed by atoms with Crippen LogP contribution in [-0.4, -0.2) is 144 Å². The van der Waals surface area contributed by atoms with Crippen molar-refractivity contribution in [1.29, 1.82) is 0 Å². The van der Waals surface area contributed by atoms with E-state index in [4.69, 9.17) is 5.53 Å². The third kappa shape index (κ3) is 14.4. The molecule has 14 heteroatoms. The molecule has 0 saturated carbocycles. The summed E-state index contributed by atoms with van der Waals surface area (Å²) in [5.74, 6) is -2.99. The largest absolute Gasteiger partial charge is 0.480 e. The van der Waals surface area contributed by atoms with Crippen LogP contribution in [0.5, 0.6) is 0 Å². The Morgan fingerprint density at radius 3 is 1.32 bits per heavy atom. The fraction of sp³-hybridized carbons (Fsp3) is 0.800. The predicted molar refractivity (Wildman–Crippen MR) is 122 cm³/mol. The highest BCUT2D eigenvalue weighted by molar-refractivity contribution is 5.80. The molecule has 1 fully saturated rings. The summed E-state index contributed by atoms with van der Waals surface area (Å²) in [6, 6.07) is 0. The number of carboxylic acids is 3. The average molecular weight is 486 g/mol. The monoisotopic (exact) mass is 485 g/mol. The lowest BCUT2D eigenvalue weighted by atomic mass is 10.1. The fourth-order valence-electron chi connectivity index (χ4n) is 3.66. The second-order valence-electron chi connectivity index (χ2n) is 8.24. The number of unbranched alkanes of at least 4 members (excludes halogenated alkanes) is 1. The van der Waals surface area contributed by atoms with Crippen molar-refractivity contribution in [3.8, 4) is 0 Å². The predicted octanol–water partition coefficient (Wildman–Crippen LogP) is -0.488. The van der Waals surface area contributed by atoms with Crippen LogP contribution in [0.1, 0.15) is 19.3 Å². The topological polar surface area (TPSA) is 191 Å². The highest BCUT2D eigenvalue weighted by Gasteiger charge is 2.20. The van der Waals surface area contributed by atoms with E-state index in [1.807, 2.05) is 4.90 Å². The molecule has 0 unspecified atom stereocenters. The zero-order chi connectivity index (χ0) is 25.3. The van der Waals surface area contributed by atoms with Crippen molar-refractivity contribution in [3.63, 3.8) is 0 Å². The van der Waals surface area contributed by atoms with Crippen LogP contribution in [-0.2, 0) is 19.2 Å². The lowest BCUT2D eigenvalue weighted by Crippen LogP contribution is -2.49. The molecule has 0 bridgehead atoms. The number of carbonyl (C=O) groups is 4. The minimum absolute atomic E-state index is 0.00948. The minimum atomic E-state index is -1.01. The summed E-state index contributed by atoms with van der Waals surface area (Å²) in [4.78, 5) is 55.9. The zero-order valence-corrected chi connectivity index (χ0v) is 19.4. The normalized spacial score (nSPS) is 17.8. The van der Waals surface area contributed by atoms with Crippen LogP contribution in [0.15, 0.2) is 5.11 Å². The average Bonchev–Trinajstić information content (AvgIpc) is 2.74. The Kier molecular flexibility index (Phi) is 14.4. The van der Waals surface area contributed by atoms with E-state index < -0.39 is 17.9 Å². The minimum Gasteiger partial charge on any atom is -0.480 e. The standard InChI is InChI=1S/C20H35N7O7/c21-23-22-4-2-1-3-17(28)13-24-5-7-25(14-18(29)30)9-11-27(16-20(33)34)12-10-26(8-6-24)15-19(31)32/h1-16H2,(H,29,30)(H,31,32)(H,33,34). The van der Waals surface area contributed by atoms with Gasteiger partial charge in [0, 0.05) is 70.2 Å². The smallest absolute Gasteiger partial charge is 0.317 e. The van der Waals surface area contributed by atoms with Crippen molar-refractivity contribution in [3.05, 3.63) is 10.4 Å². The third-order valence-electron chi connectivity index (χ3n) is 5.43. The van der Waals surface area contributed by atoms with Crippen molar-refractivity contribution in [2.75, 3.05) is 85.1 Å². The van der Waals surface area contributed by atoms with E-state index in [0.29, 0.717) is 78.2 Å². The lowest BCUT2D eigenvalue weighted by Gasteiger charge is -2.32. The van der Waals surface area contributed by atoms with Gasteiger partial charge in [0.25, 0.3) is 0 Å². The second kappa shape index (κ2) is 16.8. The van der Waals surface area contributed by atoms with Crippen molar-refractivity contribution in [2.24, 2.45) is 5.11 Å². The molecule has 192 valence electrons. The summed E-state index contributed by atoms with van der Waals surface area (Å²) in [5.41, 5.74) is 8.30. The van der Waals surface area contributed by atoms with E-state index in [2.05, 4.69) is 10.0 Å². The highest BCUT2D eigenvalue weighted by Crippen LogP contribution is 2.04. The van der Waals surface area contributed by atoms with Crippen molar-refractivity contribution >= 4 is 23.7 Å². The van der Waals surface area contributed by atoms with E-state index >= 15 is 0 Å². The summed E-state index contributed by atoms with van der Waals surface area (Å²) in [5, 5.41) is 31.1. The van der Waals surface area contributed by atoms with Crippen LogP contribution in [0.25, 0.3) is 10.4 Å². The van der Waals surface area contributed by atoms with Crippen LogP contribution in [0.3, 0.4) is 0 Å². The zero-order valence-electron chi connectivity index (χ0n) is 19.4. The molecule has 34 heavy (non-hydrogen) atoms. The molecule has 1 rings (SSSR count). The Morgan fingerprint density at radius 2 is 1.00 bits per heavy atom. The maximum atomic E-state index is 12.5. The molecule has 1 aliphatic heterocycles. The van der Waals surface area contributed by atoms with Gasteiger partial charge >= 0.3 is 17.9 Å². The molecule has 3 N–H and O–H groups in total. The molecule has 0 aromatic heterocycles. The van der Waals surface area contributed by atoms with Crippen molar-refractivity contribution in [1.82, 2.24) is 19.6 Å².